The second kappa shape index (κ2) is 12.1. The first-order chi connectivity index (χ1) is 19.7. The minimum absolute atomic E-state index is 0.0260. The highest BCUT2D eigenvalue weighted by molar-refractivity contribution is 5.97. The van der Waals surface area contributed by atoms with Crippen molar-refractivity contribution in [3.63, 3.8) is 0 Å². The minimum Gasteiger partial charge on any atom is -0.442 e. The van der Waals surface area contributed by atoms with E-state index in [1.807, 2.05) is 30.3 Å². The second-order valence-corrected chi connectivity index (χ2v) is 11.6. The van der Waals surface area contributed by atoms with E-state index in [1.165, 1.54) is 12.3 Å². The summed E-state index contributed by atoms with van der Waals surface area (Å²) < 4.78 is 25.3. The third kappa shape index (κ3) is 7.76. The molecule has 2 amide bonds. The van der Waals surface area contributed by atoms with Gasteiger partial charge in [-0.3, -0.25) is 14.9 Å². The summed E-state index contributed by atoms with van der Waals surface area (Å²) in [7, 11) is 0. The number of carbonyl (C=O) groups excluding carboxylic acids is 2. The Bertz CT molecular complexity index is 1570. The lowest BCUT2D eigenvalue weighted by molar-refractivity contribution is -0.115. The van der Waals surface area contributed by atoms with Crippen LogP contribution in [-0.4, -0.2) is 38.3 Å². The largest absolute Gasteiger partial charge is 0.442 e. The van der Waals surface area contributed by atoms with E-state index in [-0.39, 0.29) is 35.7 Å². The summed E-state index contributed by atoms with van der Waals surface area (Å²) in [4.78, 5) is 40.9. The van der Waals surface area contributed by atoms with E-state index in [2.05, 4.69) is 20.4 Å². The first kappa shape index (κ1) is 30.3. The molecule has 0 bridgehead atoms. The maximum absolute atomic E-state index is 14.1. The van der Waals surface area contributed by atoms with Gasteiger partial charge in [-0.25, -0.2) is 19.2 Å². The van der Waals surface area contributed by atoms with Crippen molar-refractivity contribution in [1.82, 2.24) is 15.1 Å². The molecule has 0 atom stereocenters. The molecular formula is C31H34FN5O5. The van der Waals surface area contributed by atoms with Crippen molar-refractivity contribution in [2.75, 3.05) is 10.4 Å². The number of nitrogens with one attached hydrogen (secondary N) is 1. The maximum Gasteiger partial charge on any atom is 0.442 e. The molecule has 0 radical (unpaired) electrons. The highest BCUT2D eigenvalue weighted by Gasteiger charge is 2.32. The molecule has 0 saturated heterocycles. The first-order valence-electron chi connectivity index (χ1n) is 13.4. The van der Waals surface area contributed by atoms with Crippen molar-refractivity contribution in [2.45, 2.75) is 66.1 Å². The Labute approximate surface area is 243 Å². The molecule has 0 aliphatic carbocycles. The van der Waals surface area contributed by atoms with Gasteiger partial charge < -0.3 is 9.26 Å². The summed E-state index contributed by atoms with van der Waals surface area (Å²) in [5.74, 6) is -0.809. The normalized spacial score (nSPS) is 11.7. The van der Waals surface area contributed by atoms with Gasteiger partial charge in [0, 0.05) is 11.8 Å². The SMILES string of the molecule is Cc1cc(-c2noc(NC(=O)Cc3ccccc3)c2-c2ccnc(N(OC(C)(C)C)C(=O)OC(C)(C)C)n2)ccc1F. The minimum atomic E-state index is -0.814. The molecule has 0 spiro atoms. The van der Waals surface area contributed by atoms with Crippen molar-refractivity contribution in [2.24, 2.45) is 0 Å². The predicted octanol–water partition coefficient (Wildman–Crippen LogP) is 6.90. The van der Waals surface area contributed by atoms with Crippen LogP contribution in [0.5, 0.6) is 0 Å². The van der Waals surface area contributed by atoms with Crippen LogP contribution < -0.4 is 10.4 Å². The molecule has 4 rings (SSSR count). The fourth-order valence-corrected chi connectivity index (χ4v) is 3.88. The highest BCUT2D eigenvalue weighted by atomic mass is 19.1. The highest BCUT2D eigenvalue weighted by Crippen LogP contribution is 2.38. The van der Waals surface area contributed by atoms with E-state index in [0.717, 1.165) is 10.6 Å². The lowest BCUT2D eigenvalue weighted by atomic mass is 10.0. The van der Waals surface area contributed by atoms with E-state index in [0.29, 0.717) is 22.4 Å². The number of anilines is 2. The Hall–Kier alpha value is -4.64. The Kier molecular flexibility index (Phi) is 8.72. The number of nitrogens with zero attached hydrogens (tertiary/aromatic N) is 4. The predicted molar refractivity (Wildman–Crippen MR) is 156 cm³/mol. The molecule has 4 aromatic rings. The van der Waals surface area contributed by atoms with Gasteiger partial charge in [0.1, 0.15) is 17.1 Å². The van der Waals surface area contributed by atoms with Crippen LogP contribution in [0.25, 0.3) is 22.5 Å². The van der Waals surface area contributed by atoms with E-state index < -0.39 is 17.3 Å². The molecule has 1 N–H and O–H groups in total. The number of ether oxygens (including phenoxy) is 1. The molecule has 10 nitrogen and oxygen atoms in total. The number of hydroxylamine groups is 1. The van der Waals surface area contributed by atoms with Crippen LogP contribution in [0.3, 0.4) is 0 Å². The monoisotopic (exact) mass is 575 g/mol. The van der Waals surface area contributed by atoms with Gasteiger partial charge in [-0.15, -0.1) is 5.06 Å². The van der Waals surface area contributed by atoms with Crippen LogP contribution in [0, 0.1) is 12.7 Å². The molecule has 42 heavy (non-hydrogen) atoms. The van der Waals surface area contributed by atoms with Crippen molar-refractivity contribution in [1.29, 1.82) is 0 Å². The summed E-state index contributed by atoms with van der Waals surface area (Å²) >= 11 is 0. The van der Waals surface area contributed by atoms with Gasteiger partial charge in [-0.05, 0) is 83.9 Å². The summed E-state index contributed by atoms with van der Waals surface area (Å²) in [6.07, 6.45) is 0.710. The van der Waals surface area contributed by atoms with Crippen molar-refractivity contribution in [3.8, 4) is 22.5 Å². The van der Waals surface area contributed by atoms with Crippen molar-refractivity contribution >= 4 is 23.8 Å². The van der Waals surface area contributed by atoms with E-state index in [4.69, 9.17) is 14.1 Å². The number of carbonyl (C=O) groups is 2. The fourth-order valence-electron chi connectivity index (χ4n) is 3.88. The summed E-state index contributed by atoms with van der Waals surface area (Å²) in [6, 6.07) is 15.3. The number of hydrogen-bond donors (Lipinski definition) is 1. The number of halogens is 1. The molecular weight excluding hydrogens is 541 g/mol. The third-order valence-corrected chi connectivity index (χ3v) is 5.59. The number of hydrogen-bond acceptors (Lipinski definition) is 8. The lowest BCUT2D eigenvalue weighted by Crippen LogP contribution is -2.42. The number of amides is 2. The molecule has 0 unspecified atom stereocenters. The molecule has 11 heteroatoms. The van der Waals surface area contributed by atoms with Gasteiger partial charge in [0.2, 0.25) is 11.8 Å². The number of benzene rings is 2. The van der Waals surface area contributed by atoms with Crippen LogP contribution in [0.4, 0.5) is 21.0 Å². The van der Waals surface area contributed by atoms with Crippen molar-refractivity contribution in [3.05, 3.63) is 77.7 Å². The molecule has 2 aromatic carbocycles. The van der Waals surface area contributed by atoms with Crippen molar-refractivity contribution < 1.29 is 28.1 Å². The molecule has 0 saturated carbocycles. The average Bonchev–Trinajstić information content (AvgIpc) is 3.31. The van der Waals surface area contributed by atoms with Gasteiger partial charge >= 0.3 is 6.09 Å². The fraction of sp³-hybridized carbons (Fsp3) is 0.323. The number of rotatable bonds is 7. The van der Waals surface area contributed by atoms with Crippen LogP contribution in [0.2, 0.25) is 0 Å². The molecule has 2 heterocycles. The molecule has 0 fully saturated rings. The average molecular weight is 576 g/mol. The zero-order valence-electron chi connectivity index (χ0n) is 24.7. The number of aromatic nitrogens is 3. The Morgan fingerprint density at radius 2 is 1.71 bits per heavy atom. The van der Waals surface area contributed by atoms with Crippen LogP contribution in [0.1, 0.15) is 52.7 Å². The Morgan fingerprint density at radius 3 is 2.36 bits per heavy atom. The third-order valence-electron chi connectivity index (χ3n) is 5.59. The van der Waals surface area contributed by atoms with Crippen LogP contribution >= 0.6 is 0 Å². The zero-order valence-corrected chi connectivity index (χ0v) is 24.7. The summed E-state index contributed by atoms with van der Waals surface area (Å²) in [6.45, 7) is 12.1. The quantitative estimate of drug-likeness (QED) is 0.236. The molecule has 0 aliphatic heterocycles. The molecule has 2 aromatic heterocycles. The van der Waals surface area contributed by atoms with Crippen LogP contribution in [-0.2, 0) is 20.8 Å². The maximum atomic E-state index is 14.1. The smallest absolute Gasteiger partial charge is 0.442 e. The van der Waals surface area contributed by atoms with E-state index in [9.17, 15) is 14.0 Å². The van der Waals surface area contributed by atoms with Gasteiger partial charge in [0.25, 0.3) is 5.95 Å². The van der Waals surface area contributed by atoms with Gasteiger partial charge in [-0.2, -0.15) is 0 Å². The van der Waals surface area contributed by atoms with Gasteiger partial charge in [0.15, 0.2) is 0 Å². The second-order valence-electron chi connectivity index (χ2n) is 11.6. The van der Waals surface area contributed by atoms with Gasteiger partial charge in [-0.1, -0.05) is 35.5 Å². The first-order valence-corrected chi connectivity index (χ1v) is 13.4. The molecule has 0 aliphatic rings. The zero-order chi connectivity index (χ0) is 30.7. The van der Waals surface area contributed by atoms with E-state index in [1.54, 1.807) is 66.7 Å². The topological polar surface area (TPSA) is 120 Å². The number of aryl methyl sites for hydroxylation is 1. The van der Waals surface area contributed by atoms with E-state index >= 15 is 0 Å². The lowest BCUT2D eigenvalue weighted by Gasteiger charge is -2.30. The van der Waals surface area contributed by atoms with Gasteiger partial charge in [0.05, 0.1) is 23.3 Å². The molecule has 220 valence electrons. The summed E-state index contributed by atoms with van der Waals surface area (Å²) in [5.41, 5.74) is 0.999. The standard InChI is InChI=1S/C31H34FN5O5/c1-19-17-21(13-14-22(19)32)26-25(27(41-36-26)35-24(38)18-20-11-9-8-10-12-20)23-15-16-33-28(34-23)37(42-31(5,6)7)29(39)40-30(2,3)4/h8-17H,18H2,1-7H3,(H,35,38). The Morgan fingerprint density at radius 1 is 1.00 bits per heavy atom. The summed E-state index contributed by atoms with van der Waals surface area (Å²) in [5, 5.41) is 7.86. The van der Waals surface area contributed by atoms with Crippen LogP contribution in [0.15, 0.2) is 65.3 Å². The Balaban J connectivity index is 1.80.